The summed E-state index contributed by atoms with van der Waals surface area (Å²) in [6, 6.07) is 0. The second-order valence-electron chi connectivity index (χ2n) is 4.40. The molecule has 0 N–H and O–H groups in total. The number of hydrogen-bond acceptors (Lipinski definition) is 3. The fourth-order valence-electron chi connectivity index (χ4n) is 2.31. The average Bonchev–Trinajstić information content (AvgIpc) is 2.61. The van der Waals surface area contributed by atoms with Crippen LogP contribution in [0.25, 0.3) is 0 Å². The Kier molecular flexibility index (Phi) is 2.35. The molecular formula is C11H16O3. The van der Waals surface area contributed by atoms with Crippen LogP contribution in [0, 0.1) is 5.92 Å². The van der Waals surface area contributed by atoms with Gasteiger partial charge in [-0.15, -0.1) is 0 Å². The molecule has 0 amide bonds. The SMILES string of the molecule is C=C(C)C(=O)OC1CC2CC(C)C1O2. The monoisotopic (exact) mass is 196 g/mol. The van der Waals surface area contributed by atoms with E-state index in [0.29, 0.717) is 17.6 Å². The molecule has 0 radical (unpaired) electrons. The van der Waals surface area contributed by atoms with Crippen molar-refractivity contribution >= 4 is 5.97 Å². The fraction of sp³-hybridized carbons (Fsp3) is 0.727. The predicted molar refractivity (Wildman–Crippen MR) is 51.8 cm³/mol. The first-order chi connectivity index (χ1) is 6.58. The molecule has 2 saturated heterocycles. The summed E-state index contributed by atoms with van der Waals surface area (Å²) >= 11 is 0. The van der Waals surface area contributed by atoms with Gasteiger partial charge in [0.2, 0.25) is 0 Å². The van der Waals surface area contributed by atoms with Gasteiger partial charge < -0.3 is 9.47 Å². The van der Waals surface area contributed by atoms with E-state index < -0.39 is 0 Å². The van der Waals surface area contributed by atoms with Gasteiger partial charge in [0.15, 0.2) is 0 Å². The smallest absolute Gasteiger partial charge is 0.333 e. The lowest BCUT2D eigenvalue weighted by atomic mass is 9.88. The van der Waals surface area contributed by atoms with Crippen molar-refractivity contribution in [2.24, 2.45) is 5.92 Å². The number of hydrogen-bond donors (Lipinski definition) is 0. The first-order valence-electron chi connectivity index (χ1n) is 5.10. The quantitative estimate of drug-likeness (QED) is 0.498. The molecule has 2 rings (SSSR count). The molecule has 0 aliphatic carbocycles. The van der Waals surface area contributed by atoms with Gasteiger partial charge in [-0.1, -0.05) is 13.5 Å². The zero-order valence-corrected chi connectivity index (χ0v) is 8.66. The highest BCUT2D eigenvalue weighted by molar-refractivity contribution is 5.87. The van der Waals surface area contributed by atoms with Crippen molar-refractivity contribution in [3.8, 4) is 0 Å². The zero-order valence-electron chi connectivity index (χ0n) is 8.66. The standard InChI is InChI=1S/C11H16O3/c1-6(2)11(12)14-9-5-8-4-7(3)10(9)13-8/h7-10H,1,4-5H2,2-3H3. The lowest BCUT2D eigenvalue weighted by molar-refractivity contribution is -0.147. The molecule has 3 nitrogen and oxygen atoms in total. The maximum Gasteiger partial charge on any atom is 0.333 e. The second-order valence-corrected chi connectivity index (χ2v) is 4.40. The van der Waals surface area contributed by atoms with Crippen LogP contribution in [0.1, 0.15) is 26.7 Å². The number of esters is 1. The largest absolute Gasteiger partial charge is 0.456 e. The molecule has 2 bridgehead atoms. The van der Waals surface area contributed by atoms with Gasteiger partial charge in [-0.3, -0.25) is 0 Å². The topological polar surface area (TPSA) is 35.5 Å². The van der Waals surface area contributed by atoms with Gasteiger partial charge in [0.1, 0.15) is 6.10 Å². The van der Waals surface area contributed by atoms with Gasteiger partial charge in [-0.25, -0.2) is 4.79 Å². The Morgan fingerprint density at radius 3 is 2.71 bits per heavy atom. The van der Waals surface area contributed by atoms with Crippen LogP contribution in [-0.2, 0) is 14.3 Å². The van der Waals surface area contributed by atoms with Crippen LogP contribution in [0.15, 0.2) is 12.2 Å². The summed E-state index contributed by atoms with van der Waals surface area (Å²) in [5.74, 6) is 0.218. The van der Waals surface area contributed by atoms with E-state index in [1.807, 2.05) is 0 Å². The molecule has 4 unspecified atom stereocenters. The van der Waals surface area contributed by atoms with Crippen molar-refractivity contribution in [2.75, 3.05) is 0 Å². The molecule has 2 heterocycles. The lowest BCUT2D eigenvalue weighted by Gasteiger charge is -2.23. The Morgan fingerprint density at radius 2 is 2.21 bits per heavy atom. The zero-order chi connectivity index (χ0) is 10.3. The van der Waals surface area contributed by atoms with Gasteiger partial charge >= 0.3 is 5.97 Å². The maximum absolute atomic E-state index is 11.3. The second kappa shape index (κ2) is 3.39. The normalized spacial score (nSPS) is 39.9. The minimum Gasteiger partial charge on any atom is -0.456 e. The molecule has 4 atom stereocenters. The summed E-state index contributed by atoms with van der Waals surface area (Å²) in [7, 11) is 0. The molecule has 0 aromatic carbocycles. The van der Waals surface area contributed by atoms with E-state index in [1.54, 1.807) is 6.92 Å². The molecule has 0 saturated carbocycles. The third kappa shape index (κ3) is 1.57. The number of rotatable bonds is 2. The average molecular weight is 196 g/mol. The van der Waals surface area contributed by atoms with E-state index in [1.165, 1.54) is 0 Å². The van der Waals surface area contributed by atoms with Crippen molar-refractivity contribution < 1.29 is 14.3 Å². The minimum absolute atomic E-state index is 0.0482. The number of fused-ring (bicyclic) bond motifs is 2. The summed E-state index contributed by atoms with van der Waals surface area (Å²) in [6.45, 7) is 7.37. The van der Waals surface area contributed by atoms with Crippen molar-refractivity contribution in [3.05, 3.63) is 12.2 Å². The highest BCUT2D eigenvalue weighted by Gasteiger charge is 2.47. The van der Waals surface area contributed by atoms with E-state index >= 15 is 0 Å². The number of carbonyl (C=O) groups excluding carboxylic acids is 1. The van der Waals surface area contributed by atoms with E-state index in [0.717, 1.165) is 12.8 Å². The number of ether oxygens (including phenoxy) is 2. The Labute approximate surface area is 84.1 Å². The van der Waals surface area contributed by atoms with Crippen molar-refractivity contribution in [2.45, 2.75) is 45.0 Å². The fourth-order valence-corrected chi connectivity index (χ4v) is 2.31. The minimum atomic E-state index is -0.293. The third-order valence-corrected chi connectivity index (χ3v) is 3.01. The first-order valence-corrected chi connectivity index (χ1v) is 5.10. The van der Waals surface area contributed by atoms with Gasteiger partial charge in [-0.05, 0) is 19.3 Å². The summed E-state index contributed by atoms with van der Waals surface area (Å²) in [4.78, 5) is 11.3. The molecule has 0 aromatic rings. The molecule has 14 heavy (non-hydrogen) atoms. The van der Waals surface area contributed by atoms with Crippen LogP contribution in [0.5, 0.6) is 0 Å². The van der Waals surface area contributed by atoms with Crippen LogP contribution in [0.2, 0.25) is 0 Å². The van der Waals surface area contributed by atoms with Crippen LogP contribution < -0.4 is 0 Å². The van der Waals surface area contributed by atoms with Crippen LogP contribution in [0.3, 0.4) is 0 Å². The highest BCUT2D eigenvalue weighted by Crippen LogP contribution is 2.40. The maximum atomic E-state index is 11.3. The summed E-state index contributed by atoms with van der Waals surface area (Å²) < 4.78 is 11.0. The number of carbonyl (C=O) groups is 1. The van der Waals surface area contributed by atoms with E-state index in [2.05, 4.69) is 13.5 Å². The van der Waals surface area contributed by atoms with Gasteiger partial charge in [0, 0.05) is 12.0 Å². The Bertz CT molecular complexity index is 272. The molecule has 2 fully saturated rings. The molecule has 78 valence electrons. The molecular weight excluding hydrogens is 180 g/mol. The van der Waals surface area contributed by atoms with Gasteiger partial charge in [0.05, 0.1) is 12.2 Å². The Balaban J connectivity index is 1.95. The van der Waals surface area contributed by atoms with Crippen LogP contribution in [-0.4, -0.2) is 24.3 Å². The first kappa shape index (κ1) is 9.71. The van der Waals surface area contributed by atoms with Crippen LogP contribution in [0.4, 0.5) is 0 Å². The van der Waals surface area contributed by atoms with Crippen molar-refractivity contribution in [1.29, 1.82) is 0 Å². The third-order valence-electron chi connectivity index (χ3n) is 3.01. The summed E-state index contributed by atoms with van der Waals surface area (Å²) in [5, 5.41) is 0. The van der Waals surface area contributed by atoms with E-state index in [4.69, 9.17) is 9.47 Å². The van der Waals surface area contributed by atoms with Gasteiger partial charge in [-0.2, -0.15) is 0 Å². The molecule has 2 aliphatic rings. The van der Waals surface area contributed by atoms with E-state index in [9.17, 15) is 4.79 Å². The predicted octanol–water partition coefficient (Wildman–Crippen LogP) is 1.67. The van der Waals surface area contributed by atoms with E-state index in [-0.39, 0.29) is 18.2 Å². The van der Waals surface area contributed by atoms with Crippen molar-refractivity contribution in [3.63, 3.8) is 0 Å². The lowest BCUT2D eigenvalue weighted by Crippen LogP contribution is -2.33. The Hall–Kier alpha value is -0.830. The molecule has 0 aromatic heterocycles. The molecule has 0 spiro atoms. The van der Waals surface area contributed by atoms with Gasteiger partial charge in [0.25, 0.3) is 0 Å². The summed E-state index contributed by atoms with van der Waals surface area (Å²) in [6.07, 6.45) is 2.33. The summed E-state index contributed by atoms with van der Waals surface area (Å²) in [5.41, 5.74) is 0.459. The highest BCUT2D eigenvalue weighted by atomic mass is 16.6. The van der Waals surface area contributed by atoms with Crippen molar-refractivity contribution in [1.82, 2.24) is 0 Å². The molecule has 2 aliphatic heterocycles. The molecule has 3 heteroatoms. The van der Waals surface area contributed by atoms with Crippen LogP contribution >= 0.6 is 0 Å². The Morgan fingerprint density at radius 1 is 1.50 bits per heavy atom.